The molecule has 0 aromatic carbocycles. The molecule has 0 aromatic rings. The smallest absolute Gasteiger partial charge is 0.187 e. The molecule has 2 aliphatic carbocycles. The van der Waals surface area contributed by atoms with E-state index in [9.17, 15) is 25.2 Å². The van der Waals surface area contributed by atoms with Crippen LogP contribution in [0.1, 0.15) is 53.4 Å². The van der Waals surface area contributed by atoms with Gasteiger partial charge in [-0.15, -0.1) is 0 Å². The SMILES string of the molecule is CC(=O)[C@H]1CC[C@@H]2[C@@H]1[C@H](C(C)C)CC[C@]2(C)O[C@@H]1O[C@H](CO)[C@@H](O)[C@H](O)[C@H]1O. The molecule has 0 unspecified atom stereocenters. The molecule has 0 spiro atoms. The normalized spacial score (nSPS) is 49.2. The van der Waals surface area contributed by atoms with Crippen LogP contribution < -0.4 is 0 Å². The minimum Gasteiger partial charge on any atom is -0.394 e. The highest BCUT2D eigenvalue weighted by atomic mass is 16.7. The van der Waals surface area contributed by atoms with Crippen LogP contribution in [0, 0.1) is 29.6 Å². The number of hydrogen-bond donors (Lipinski definition) is 4. The van der Waals surface area contributed by atoms with Gasteiger partial charge in [0.2, 0.25) is 0 Å². The lowest BCUT2D eigenvalue weighted by Gasteiger charge is -2.51. The second-order valence-electron chi connectivity index (χ2n) is 9.55. The number of carbonyl (C=O) groups excluding carboxylic acids is 1. The first-order valence-corrected chi connectivity index (χ1v) is 10.6. The van der Waals surface area contributed by atoms with E-state index in [1.807, 2.05) is 6.92 Å². The summed E-state index contributed by atoms with van der Waals surface area (Å²) in [6, 6.07) is 0. The molecule has 3 rings (SSSR count). The van der Waals surface area contributed by atoms with E-state index < -0.39 is 42.9 Å². The van der Waals surface area contributed by atoms with Crippen LogP contribution in [0.25, 0.3) is 0 Å². The van der Waals surface area contributed by atoms with E-state index in [-0.39, 0.29) is 23.5 Å². The van der Waals surface area contributed by atoms with E-state index in [4.69, 9.17) is 9.47 Å². The third kappa shape index (κ3) is 3.77. The Morgan fingerprint density at radius 1 is 1.14 bits per heavy atom. The predicted molar refractivity (Wildman–Crippen MR) is 101 cm³/mol. The van der Waals surface area contributed by atoms with Crippen molar-refractivity contribution in [2.75, 3.05) is 6.61 Å². The van der Waals surface area contributed by atoms with Crippen molar-refractivity contribution in [2.45, 2.75) is 89.7 Å². The zero-order chi connectivity index (χ0) is 20.8. The fourth-order valence-electron chi connectivity index (χ4n) is 5.99. The van der Waals surface area contributed by atoms with Crippen molar-refractivity contribution in [3.63, 3.8) is 0 Å². The summed E-state index contributed by atoms with van der Waals surface area (Å²) in [6.45, 7) is 7.62. The molecule has 0 bridgehead atoms. The molecule has 1 aliphatic heterocycles. The quantitative estimate of drug-likeness (QED) is 0.541. The molecule has 0 radical (unpaired) electrons. The average Bonchev–Trinajstić information content (AvgIpc) is 3.09. The molecule has 4 N–H and O–H groups in total. The highest BCUT2D eigenvalue weighted by molar-refractivity contribution is 5.79. The van der Waals surface area contributed by atoms with E-state index in [0.29, 0.717) is 11.8 Å². The van der Waals surface area contributed by atoms with Crippen LogP contribution in [0.5, 0.6) is 0 Å². The molecular formula is C21H36O7. The zero-order valence-electron chi connectivity index (χ0n) is 17.3. The first-order chi connectivity index (χ1) is 13.1. The molecule has 3 fully saturated rings. The van der Waals surface area contributed by atoms with Gasteiger partial charge in [-0.05, 0) is 63.2 Å². The maximum atomic E-state index is 12.3. The van der Waals surface area contributed by atoms with Crippen molar-refractivity contribution in [2.24, 2.45) is 29.6 Å². The number of Topliss-reactive ketones (excluding diaryl/α,β-unsaturated/α-hetero) is 1. The van der Waals surface area contributed by atoms with Crippen LogP contribution in [-0.4, -0.2) is 69.1 Å². The molecule has 1 heterocycles. The average molecular weight is 401 g/mol. The van der Waals surface area contributed by atoms with Crippen LogP contribution in [0.4, 0.5) is 0 Å². The number of carbonyl (C=O) groups is 1. The third-order valence-electron chi connectivity index (χ3n) is 7.58. The van der Waals surface area contributed by atoms with Gasteiger partial charge in [-0.25, -0.2) is 0 Å². The van der Waals surface area contributed by atoms with Gasteiger partial charge in [0.15, 0.2) is 6.29 Å². The molecule has 10 atom stereocenters. The number of ketones is 1. The van der Waals surface area contributed by atoms with Crippen molar-refractivity contribution in [3.05, 3.63) is 0 Å². The molecule has 0 aromatic heterocycles. The summed E-state index contributed by atoms with van der Waals surface area (Å²) in [5.74, 6) is 1.60. The summed E-state index contributed by atoms with van der Waals surface area (Å²) in [6.07, 6.45) is -2.93. The number of fused-ring (bicyclic) bond motifs is 1. The highest BCUT2D eigenvalue weighted by Gasteiger charge is 2.56. The lowest BCUT2D eigenvalue weighted by atomic mass is 9.61. The van der Waals surface area contributed by atoms with E-state index in [0.717, 1.165) is 25.7 Å². The summed E-state index contributed by atoms with van der Waals surface area (Å²) in [5, 5.41) is 39.9. The van der Waals surface area contributed by atoms with E-state index in [1.54, 1.807) is 6.92 Å². The fraction of sp³-hybridized carbons (Fsp3) is 0.952. The van der Waals surface area contributed by atoms with Crippen LogP contribution in [0.3, 0.4) is 0 Å². The maximum absolute atomic E-state index is 12.3. The van der Waals surface area contributed by atoms with Crippen LogP contribution >= 0.6 is 0 Å². The summed E-state index contributed by atoms with van der Waals surface area (Å²) < 4.78 is 11.9. The Balaban J connectivity index is 1.82. The minimum atomic E-state index is -1.45. The Morgan fingerprint density at radius 2 is 1.82 bits per heavy atom. The first-order valence-electron chi connectivity index (χ1n) is 10.6. The van der Waals surface area contributed by atoms with Crippen molar-refractivity contribution in [3.8, 4) is 0 Å². The molecule has 0 amide bonds. The zero-order valence-corrected chi connectivity index (χ0v) is 17.3. The number of ether oxygens (including phenoxy) is 2. The van der Waals surface area contributed by atoms with Crippen LogP contribution in [-0.2, 0) is 14.3 Å². The Kier molecular flexibility index (Phi) is 6.54. The number of hydrogen-bond acceptors (Lipinski definition) is 7. The fourth-order valence-corrected chi connectivity index (χ4v) is 5.99. The van der Waals surface area contributed by atoms with Crippen LogP contribution in [0.15, 0.2) is 0 Å². The summed E-state index contributed by atoms with van der Waals surface area (Å²) in [4.78, 5) is 12.3. The lowest BCUT2D eigenvalue weighted by molar-refractivity contribution is -0.336. The maximum Gasteiger partial charge on any atom is 0.187 e. The van der Waals surface area contributed by atoms with Gasteiger partial charge in [0, 0.05) is 5.92 Å². The number of rotatable bonds is 5. The topological polar surface area (TPSA) is 116 Å². The van der Waals surface area contributed by atoms with Crippen molar-refractivity contribution in [1.29, 1.82) is 0 Å². The summed E-state index contributed by atoms with van der Waals surface area (Å²) in [5.41, 5.74) is -0.603. The third-order valence-corrected chi connectivity index (χ3v) is 7.58. The molecular weight excluding hydrogens is 364 g/mol. The molecule has 162 valence electrons. The van der Waals surface area contributed by atoms with Gasteiger partial charge in [-0.1, -0.05) is 13.8 Å². The molecule has 1 saturated heterocycles. The molecule has 28 heavy (non-hydrogen) atoms. The lowest BCUT2D eigenvalue weighted by Crippen LogP contribution is -2.62. The summed E-state index contributed by atoms with van der Waals surface area (Å²) >= 11 is 0. The largest absolute Gasteiger partial charge is 0.394 e. The minimum absolute atomic E-state index is 0.0374. The Morgan fingerprint density at radius 3 is 2.39 bits per heavy atom. The number of aliphatic hydroxyl groups is 4. The Bertz CT molecular complexity index is 565. The van der Waals surface area contributed by atoms with Gasteiger partial charge in [-0.3, -0.25) is 4.79 Å². The van der Waals surface area contributed by atoms with E-state index in [1.165, 1.54) is 0 Å². The van der Waals surface area contributed by atoms with Gasteiger partial charge in [0.1, 0.15) is 30.2 Å². The second kappa shape index (κ2) is 8.28. The van der Waals surface area contributed by atoms with E-state index in [2.05, 4.69) is 13.8 Å². The molecule has 7 nitrogen and oxygen atoms in total. The van der Waals surface area contributed by atoms with Gasteiger partial charge in [-0.2, -0.15) is 0 Å². The van der Waals surface area contributed by atoms with Gasteiger partial charge < -0.3 is 29.9 Å². The molecule has 7 heteroatoms. The van der Waals surface area contributed by atoms with Crippen molar-refractivity contribution < 1.29 is 34.7 Å². The van der Waals surface area contributed by atoms with Crippen molar-refractivity contribution in [1.82, 2.24) is 0 Å². The predicted octanol–water partition coefficient (Wildman–Crippen LogP) is 0.859. The van der Waals surface area contributed by atoms with Gasteiger partial charge in [0.25, 0.3) is 0 Å². The monoisotopic (exact) mass is 400 g/mol. The Hall–Kier alpha value is -0.570. The summed E-state index contributed by atoms with van der Waals surface area (Å²) in [7, 11) is 0. The van der Waals surface area contributed by atoms with Gasteiger partial charge >= 0.3 is 0 Å². The first kappa shape index (κ1) is 22.1. The standard InChI is InChI=1S/C21H36O7/c1-10(2)12-7-8-21(4,14-6-5-13(11(3)23)16(12)14)28-20-19(26)18(25)17(24)15(9-22)27-20/h10,12-20,22,24-26H,5-9H2,1-4H3/t12-,13+,14+,15+,16+,17+,18-,19+,20-,21-/m0/s1. The highest BCUT2D eigenvalue weighted by Crippen LogP contribution is 2.56. The van der Waals surface area contributed by atoms with Crippen molar-refractivity contribution >= 4 is 5.78 Å². The van der Waals surface area contributed by atoms with Crippen LogP contribution in [0.2, 0.25) is 0 Å². The second-order valence-corrected chi connectivity index (χ2v) is 9.55. The Labute approximate surface area is 167 Å². The molecule has 2 saturated carbocycles. The van der Waals surface area contributed by atoms with Gasteiger partial charge in [0.05, 0.1) is 12.2 Å². The number of aliphatic hydroxyl groups excluding tert-OH is 4. The molecule has 3 aliphatic rings. The van der Waals surface area contributed by atoms with E-state index >= 15 is 0 Å².